The molecule has 0 bridgehead atoms. The predicted octanol–water partition coefficient (Wildman–Crippen LogP) is 3.05. The largest absolute Gasteiger partial charge is 0.454 e. The minimum absolute atomic E-state index is 0.131. The third-order valence-corrected chi connectivity index (χ3v) is 5.42. The summed E-state index contributed by atoms with van der Waals surface area (Å²) < 4.78 is 15.7. The van der Waals surface area contributed by atoms with Crippen LogP contribution in [0.25, 0.3) is 0 Å². The number of fused-ring (bicyclic) bond motifs is 1. The Morgan fingerprint density at radius 3 is 2.79 bits per heavy atom. The molecule has 3 amide bonds. The molecule has 0 spiro atoms. The Morgan fingerprint density at radius 1 is 1.12 bits per heavy atom. The number of amides is 3. The molecule has 10 nitrogen and oxygen atoms in total. The average molecular weight is 451 g/mol. The normalized spacial score (nSPS) is 11.8. The summed E-state index contributed by atoms with van der Waals surface area (Å²) in [6.07, 6.45) is 0.343. The molecule has 1 aliphatic rings. The lowest BCUT2D eigenvalue weighted by Gasteiger charge is -2.18. The molecular formula is C23H25N5O5. The van der Waals surface area contributed by atoms with Crippen molar-refractivity contribution < 1.29 is 23.6 Å². The van der Waals surface area contributed by atoms with Crippen LogP contribution in [0.15, 0.2) is 40.9 Å². The molecule has 33 heavy (non-hydrogen) atoms. The van der Waals surface area contributed by atoms with Crippen molar-refractivity contribution in [1.29, 1.82) is 0 Å². The number of rotatable bonds is 7. The summed E-state index contributed by atoms with van der Waals surface area (Å²) in [5, 5.41) is 9.47. The van der Waals surface area contributed by atoms with Gasteiger partial charge in [-0.25, -0.2) is 4.79 Å². The number of nitrogens with zero attached hydrogens (tertiary/aromatic N) is 3. The lowest BCUT2D eigenvalue weighted by atomic mass is 10.1. The molecule has 172 valence electrons. The van der Waals surface area contributed by atoms with Gasteiger partial charge in [0.2, 0.25) is 6.79 Å². The first kappa shape index (κ1) is 22.1. The molecule has 2 heterocycles. The monoisotopic (exact) mass is 451 g/mol. The van der Waals surface area contributed by atoms with E-state index in [1.54, 1.807) is 19.2 Å². The van der Waals surface area contributed by atoms with Crippen LogP contribution >= 0.6 is 0 Å². The molecule has 0 radical (unpaired) electrons. The van der Waals surface area contributed by atoms with E-state index in [1.807, 2.05) is 38.1 Å². The Labute approximate surface area is 190 Å². The third-order valence-electron chi connectivity index (χ3n) is 5.42. The second kappa shape index (κ2) is 9.60. The number of hydrogen-bond acceptors (Lipinski definition) is 7. The van der Waals surface area contributed by atoms with E-state index in [0.717, 1.165) is 22.4 Å². The maximum Gasteiger partial charge on any atom is 0.321 e. The summed E-state index contributed by atoms with van der Waals surface area (Å²) in [5.41, 5.74) is 3.75. The number of benzene rings is 2. The fraction of sp³-hybridized carbons (Fsp3) is 0.304. The lowest BCUT2D eigenvalue weighted by molar-refractivity contribution is 0.0907. The average Bonchev–Trinajstić information content (AvgIpc) is 3.48. The number of carbonyl (C=O) groups excluding carboxylic acids is 2. The van der Waals surface area contributed by atoms with Crippen molar-refractivity contribution >= 4 is 17.6 Å². The van der Waals surface area contributed by atoms with Crippen molar-refractivity contribution in [2.45, 2.75) is 26.8 Å². The van der Waals surface area contributed by atoms with Crippen molar-refractivity contribution in [2.75, 3.05) is 25.7 Å². The van der Waals surface area contributed by atoms with Crippen LogP contribution in [-0.2, 0) is 13.0 Å². The van der Waals surface area contributed by atoms with Gasteiger partial charge in [0.25, 0.3) is 0 Å². The number of ether oxygens (including phenoxy) is 2. The quantitative estimate of drug-likeness (QED) is 0.567. The van der Waals surface area contributed by atoms with Gasteiger partial charge in [0.1, 0.15) is 0 Å². The van der Waals surface area contributed by atoms with Gasteiger partial charge in [-0.3, -0.25) is 4.79 Å². The van der Waals surface area contributed by atoms with Crippen LogP contribution in [0.4, 0.5) is 10.5 Å². The van der Waals surface area contributed by atoms with Crippen molar-refractivity contribution in [3.05, 3.63) is 64.8 Å². The minimum atomic E-state index is -0.479. The fourth-order valence-corrected chi connectivity index (χ4v) is 3.22. The van der Waals surface area contributed by atoms with Crippen LogP contribution in [0.1, 0.15) is 33.2 Å². The van der Waals surface area contributed by atoms with Gasteiger partial charge in [0, 0.05) is 32.2 Å². The number of aryl methyl sites for hydroxylation is 1. The Morgan fingerprint density at radius 2 is 1.94 bits per heavy atom. The lowest BCUT2D eigenvalue weighted by Crippen LogP contribution is -2.33. The van der Waals surface area contributed by atoms with Gasteiger partial charge >= 0.3 is 17.8 Å². The van der Waals surface area contributed by atoms with E-state index in [9.17, 15) is 9.59 Å². The van der Waals surface area contributed by atoms with Crippen molar-refractivity contribution in [3.8, 4) is 11.5 Å². The molecule has 2 aromatic carbocycles. The number of hydrogen-bond donors (Lipinski definition) is 2. The summed E-state index contributed by atoms with van der Waals surface area (Å²) in [6, 6.07) is 11.0. The van der Waals surface area contributed by atoms with E-state index in [-0.39, 0.29) is 25.3 Å². The molecule has 1 aromatic heterocycles. The minimum Gasteiger partial charge on any atom is -0.454 e. The van der Waals surface area contributed by atoms with Gasteiger partial charge < -0.3 is 29.5 Å². The van der Waals surface area contributed by atoms with E-state index in [2.05, 4.69) is 20.8 Å². The van der Waals surface area contributed by atoms with Gasteiger partial charge in [0.15, 0.2) is 17.3 Å². The highest BCUT2D eigenvalue weighted by molar-refractivity contribution is 5.90. The van der Waals surface area contributed by atoms with E-state index in [1.165, 1.54) is 4.90 Å². The van der Waals surface area contributed by atoms with E-state index < -0.39 is 5.91 Å². The summed E-state index contributed by atoms with van der Waals surface area (Å²) in [7, 11) is 1.68. The van der Waals surface area contributed by atoms with Crippen LogP contribution in [0.5, 0.6) is 11.5 Å². The van der Waals surface area contributed by atoms with Gasteiger partial charge in [-0.15, -0.1) is 0 Å². The van der Waals surface area contributed by atoms with Crippen LogP contribution in [0.3, 0.4) is 0 Å². The number of carbonyl (C=O) groups is 2. The van der Waals surface area contributed by atoms with E-state index in [0.29, 0.717) is 30.3 Å². The van der Waals surface area contributed by atoms with Crippen LogP contribution in [-0.4, -0.2) is 47.4 Å². The number of aromatic nitrogens is 2. The molecule has 0 aliphatic carbocycles. The van der Waals surface area contributed by atoms with E-state index >= 15 is 0 Å². The summed E-state index contributed by atoms with van der Waals surface area (Å²) in [6.45, 7) is 4.78. The third kappa shape index (κ3) is 5.22. The van der Waals surface area contributed by atoms with Crippen LogP contribution in [0, 0.1) is 13.8 Å². The first-order chi connectivity index (χ1) is 15.9. The zero-order valence-corrected chi connectivity index (χ0v) is 18.7. The second-order valence-electron chi connectivity index (χ2n) is 7.74. The van der Waals surface area contributed by atoms with Crippen LogP contribution in [0.2, 0.25) is 0 Å². The highest BCUT2D eigenvalue weighted by Gasteiger charge is 2.18. The van der Waals surface area contributed by atoms with Gasteiger partial charge in [-0.2, -0.15) is 4.98 Å². The first-order valence-corrected chi connectivity index (χ1v) is 10.5. The second-order valence-corrected chi connectivity index (χ2v) is 7.74. The molecule has 10 heteroatoms. The number of likely N-dealkylation sites (N-methyl/N-ethyl adjacent to an activating group) is 1. The predicted molar refractivity (Wildman–Crippen MR) is 119 cm³/mol. The van der Waals surface area contributed by atoms with E-state index in [4.69, 9.17) is 14.0 Å². The standard InChI is InChI=1S/C23H25N5O5/c1-14-5-4-6-17(15(14)2)25-23(30)28(3)10-9-20-26-22(33-27-20)21(29)24-12-16-7-8-18-19(11-16)32-13-31-18/h4-8,11H,9-10,12-13H2,1-3H3,(H,24,29)(H,25,30). The highest BCUT2D eigenvalue weighted by Crippen LogP contribution is 2.32. The van der Waals surface area contributed by atoms with Gasteiger partial charge in [-0.1, -0.05) is 23.4 Å². The molecule has 0 saturated carbocycles. The molecular weight excluding hydrogens is 426 g/mol. The van der Waals surface area contributed by atoms with Crippen molar-refractivity contribution in [1.82, 2.24) is 20.4 Å². The molecule has 2 N–H and O–H groups in total. The maximum atomic E-state index is 12.5. The molecule has 1 aliphatic heterocycles. The van der Waals surface area contributed by atoms with Gasteiger partial charge in [-0.05, 0) is 48.7 Å². The Bertz CT molecular complexity index is 1180. The zero-order chi connectivity index (χ0) is 23.4. The number of urea groups is 1. The van der Waals surface area contributed by atoms with Gasteiger partial charge in [0.05, 0.1) is 0 Å². The number of nitrogens with one attached hydrogen (secondary N) is 2. The topological polar surface area (TPSA) is 119 Å². The summed E-state index contributed by atoms with van der Waals surface area (Å²) >= 11 is 0. The fourth-order valence-electron chi connectivity index (χ4n) is 3.22. The molecule has 0 fully saturated rings. The molecule has 4 rings (SSSR count). The Balaban J connectivity index is 1.26. The Hall–Kier alpha value is -4.08. The maximum absolute atomic E-state index is 12.5. The highest BCUT2D eigenvalue weighted by atomic mass is 16.7. The van der Waals surface area contributed by atoms with Crippen LogP contribution < -0.4 is 20.1 Å². The molecule has 0 unspecified atom stereocenters. The molecule has 0 atom stereocenters. The molecule has 0 saturated heterocycles. The number of anilines is 1. The Kier molecular flexibility index (Phi) is 6.43. The van der Waals surface area contributed by atoms with Crippen molar-refractivity contribution in [2.24, 2.45) is 0 Å². The first-order valence-electron chi connectivity index (χ1n) is 10.5. The summed E-state index contributed by atoms with van der Waals surface area (Å²) in [5.74, 6) is 1.06. The zero-order valence-electron chi connectivity index (χ0n) is 18.7. The SMILES string of the molecule is Cc1cccc(NC(=O)N(C)CCc2noc(C(=O)NCc3ccc4c(c3)OCO4)n2)c1C. The summed E-state index contributed by atoms with van der Waals surface area (Å²) in [4.78, 5) is 30.5. The van der Waals surface area contributed by atoms with Crippen molar-refractivity contribution in [3.63, 3.8) is 0 Å². The molecule has 3 aromatic rings. The smallest absolute Gasteiger partial charge is 0.321 e.